The average molecular weight is 323 g/mol. The van der Waals surface area contributed by atoms with Crippen LogP contribution in [0.2, 0.25) is 0 Å². The summed E-state index contributed by atoms with van der Waals surface area (Å²) in [6.07, 6.45) is 3.30. The van der Waals surface area contributed by atoms with E-state index in [1.165, 1.54) is 16.9 Å². The van der Waals surface area contributed by atoms with Crippen LogP contribution in [0.4, 0.5) is 0 Å². The molecule has 0 fully saturated rings. The fourth-order valence-electron chi connectivity index (χ4n) is 2.41. The van der Waals surface area contributed by atoms with Gasteiger partial charge < -0.3 is 0 Å². The Labute approximate surface area is 141 Å². The van der Waals surface area contributed by atoms with Crippen LogP contribution in [0.5, 0.6) is 0 Å². The Bertz CT molecular complexity index is 723. The number of aryl methyl sites for hydroxylation is 1. The number of aromatic nitrogens is 3. The zero-order valence-electron chi connectivity index (χ0n) is 13.4. The van der Waals surface area contributed by atoms with Crippen molar-refractivity contribution in [1.29, 1.82) is 0 Å². The molecular weight excluding hydrogens is 302 g/mol. The van der Waals surface area contributed by atoms with E-state index in [0.29, 0.717) is 0 Å². The zero-order chi connectivity index (χ0) is 15.9. The minimum absolute atomic E-state index is 0.759. The topological polar surface area (TPSA) is 30.7 Å². The third-order valence-corrected chi connectivity index (χ3v) is 4.80. The molecule has 1 heterocycles. The Morgan fingerprint density at radius 1 is 0.957 bits per heavy atom. The second kappa shape index (κ2) is 7.97. The minimum atomic E-state index is 0.759. The molecule has 0 aliphatic heterocycles. The number of benzene rings is 2. The van der Waals surface area contributed by atoms with Crippen LogP contribution >= 0.6 is 11.8 Å². The Kier molecular flexibility index (Phi) is 5.48. The normalized spacial score (nSPS) is 10.8. The SMILES string of the molecule is CCCCc1nnn(Cc2ccccc2)c1Sc1ccccc1. The van der Waals surface area contributed by atoms with Crippen LogP contribution in [-0.4, -0.2) is 15.0 Å². The molecule has 3 nitrogen and oxygen atoms in total. The molecule has 1 aromatic heterocycles. The van der Waals surface area contributed by atoms with Gasteiger partial charge in [-0.2, -0.15) is 0 Å². The van der Waals surface area contributed by atoms with Crippen molar-refractivity contribution in [3.8, 4) is 0 Å². The summed E-state index contributed by atoms with van der Waals surface area (Å²) in [5, 5.41) is 10.0. The van der Waals surface area contributed by atoms with Crippen molar-refractivity contribution in [1.82, 2.24) is 15.0 Å². The third kappa shape index (κ3) is 4.23. The molecule has 0 N–H and O–H groups in total. The van der Waals surface area contributed by atoms with Crippen molar-refractivity contribution >= 4 is 11.8 Å². The van der Waals surface area contributed by atoms with Gasteiger partial charge in [0.05, 0.1) is 12.2 Å². The molecule has 0 radical (unpaired) electrons. The van der Waals surface area contributed by atoms with Gasteiger partial charge in [0, 0.05) is 4.90 Å². The molecule has 0 aliphatic rings. The fourth-order valence-corrected chi connectivity index (χ4v) is 3.40. The monoisotopic (exact) mass is 323 g/mol. The van der Waals surface area contributed by atoms with Crippen LogP contribution in [0, 0.1) is 0 Å². The molecule has 0 spiro atoms. The Morgan fingerprint density at radius 2 is 1.65 bits per heavy atom. The van der Waals surface area contributed by atoms with Gasteiger partial charge in [0.2, 0.25) is 0 Å². The van der Waals surface area contributed by atoms with Crippen LogP contribution in [0.25, 0.3) is 0 Å². The average Bonchev–Trinajstić information content (AvgIpc) is 2.96. The van der Waals surface area contributed by atoms with E-state index in [0.717, 1.165) is 30.1 Å². The van der Waals surface area contributed by atoms with Gasteiger partial charge in [-0.15, -0.1) is 5.10 Å². The van der Waals surface area contributed by atoms with Gasteiger partial charge in [-0.05, 0) is 30.5 Å². The zero-order valence-corrected chi connectivity index (χ0v) is 14.2. The lowest BCUT2D eigenvalue weighted by Crippen LogP contribution is -2.03. The predicted octanol–water partition coefficient (Wildman–Crippen LogP) is 4.82. The summed E-state index contributed by atoms with van der Waals surface area (Å²) >= 11 is 1.76. The van der Waals surface area contributed by atoms with Gasteiger partial charge in [0.15, 0.2) is 0 Å². The first-order valence-electron chi connectivity index (χ1n) is 8.06. The molecule has 118 valence electrons. The summed E-state index contributed by atoms with van der Waals surface area (Å²) in [5.74, 6) is 0. The molecule has 4 heteroatoms. The largest absolute Gasteiger partial charge is 0.234 e. The maximum Gasteiger partial charge on any atom is 0.123 e. The van der Waals surface area contributed by atoms with Gasteiger partial charge in [0.1, 0.15) is 5.03 Å². The highest BCUT2D eigenvalue weighted by atomic mass is 32.2. The van der Waals surface area contributed by atoms with E-state index in [1.807, 2.05) is 16.8 Å². The van der Waals surface area contributed by atoms with Crippen molar-refractivity contribution in [2.24, 2.45) is 0 Å². The molecule has 0 saturated carbocycles. The van der Waals surface area contributed by atoms with E-state index in [2.05, 4.69) is 65.8 Å². The lowest BCUT2D eigenvalue weighted by Gasteiger charge is -2.08. The molecule has 0 bridgehead atoms. The molecule has 2 aromatic carbocycles. The number of rotatable bonds is 7. The number of hydrogen-bond acceptors (Lipinski definition) is 3. The van der Waals surface area contributed by atoms with Crippen LogP contribution in [0.3, 0.4) is 0 Å². The van der Waals surface area contributed by atoms with Crippen molar-refractivity contribution in [3.05, 3.63) is 71.9 Å². The maximum atomic E-state index is 4.44. The number of hydrogen-bond donors (Lipinski definition) is 0. The highest BCUT2D eigenvalue weighted by Gasteiger charge is 2.14. The van der Waals surface area contributed by atoms with Crippen molar-refractivity contribution < 1.29 is 0 Å². The van der Waals surface area contributed by atoms with E-state index >= 15 is 0 Å². The first-order chi connectivity index (χ1) is 11.4. The molecule has 0 saturated heterocycles. The smallest absolute Gasteiger partial charge is 0.123 e. The summed E-state index contributed by atoms with van der Waals surface area (Å²) in [4.78, 5) is 1.22. The first-order valence-corrected chi connectivity index (χ1v) is 8.87. The summed E-state index contributed by atoms with van der Waals surface area (Å²) in [6.45, 7) is 2.97. The summed E-state index contributed by atoms with van der Waals surface area (Å²) in [6, 6.07) is 20.9. The van der Waals surface area contributed by atoms with Gasteiger partial charge in [0.25, 0.3) is 0 Å². The first kappa shape index (κ1) is 15.8. The van der Waals surface area contributed by atoms with E-state index in [9.17, 15) is 0 Å². The van der Waals surface area contributed by atoms with E-state index in [1.54, 1.807) is 11.8 Å². The third-order valence-electron chi connectivity index (χ3n) is 3.65. The number of unbranched alkanes of at least 4 members (excludes halogenated alkanes) is 1. The maximum absolute atomic E-state index is 4.44. The van der Waals surface area contributed by atoms with Gasteiger partial charge >= 0.3 is 0 Å². The van der Waals surface area contributed by atoms with Crippen molar-refractivity contribution in [2.75, 3.05) is 0 Å². The quantitative estimate of drug-likeness (QED) is 0.624. The molecule has 0 unspecified atom stereocenters. The van der Waals surface area contributed by atoms with Crippen molar-refractivity contribution in [2.45, 2.75) is 42.7 Å². The van der Waals surface area contributed by atoms with Gasteiger partial charge in [-0.25, -0.2) is 4.68 Å². The summed E-state index contributed by atoms with van der Waals surface area (Å²) in [5.41, 5.74) is 2.35. The second-order valence-electron chi connectivity index (χ2n) is 5.50. The van der Waals surface area contributed by atoms with Crippen molar-refractivity contribution in [3.63, 3.8) is 0 Å². The predicted molar refractivity (Wildman–Crippen MR) is 94.7 cm³/mol. The fraction of sp³-hybridized carbons (Fsp3) is 0.263. The molecule has 3 rings (SSSR count). The van der Waals surface area contributed by atoms with Crippen LogP contribution in [0.1, 0.15) is 31.0 Å². The lowest BCUT2D eigenvalue weighted by atomic mass is 10.2. The molecule has 3 aromatic rings. The highest BCUT2D eigenvalue weighted by Crippen LogP contribution is 2.30. The van der Waals surface area contributed by atoms with E-state index < -0.39 is 0 Å². The standard InChI is InChI=1S/C19H21N3S/c1-2-3-14-18-19(23-17-12-8-5-9-13-17)22(21-20-18)15-16-10-6-4-7-11-16/h4-13H,2-3,14-15H2,1H3. The molecule has 0 amide bonds. The van der Waals surface area contributed by atoms with Gasteiger partial charge in [-0.1, -0.05) is 78.9 Å². The summed E-state index contributed by atoms with van der Waals surface area (Å²) in [7, 11) is 0. The Balaban J connectivity index is 1.87. The number of nitrogens with zero attached hydrogens (tertiary/aromatic N) is 3. The molecule has 0 atom stereocenters. The highest BCUT2D eigenvalue weighted by molar-refractivity contribution is 7.99. The van der Waals surface area contributed by atoms with Gasteiger partial charge in [-0.3, -0.25) is 0 Å². The Hall–Kier alpha value is -2.07. The molecule has 23 heavy (non-hydrogen) atoms. The van der Waals surface area contributed by atoms with E-state index in [4.69, 9.17) is 0 Å². The van der Waals surface area contributed by atoms with Crippen LogP contribution in [-0.2, 0) is 13.0 Å². The minimum Gasteiger partial charge on any atom is -0.234 e. The second-order valence-corrected chi connectivity index (χ2v) is 6.57. The molecule has 0 aliphatic carbocycles. The van der Waals surface area contributed by atoms with Crippen LogP contribution in [0.15, 0.2) is 70.6 Å². The summed E-state index contributed by atoms with van der Waals surface area (Å²) < 4.78 is 2.03. The van der Waals surface area contributed by atoms with Crippen LogP contribution < -0.4 is 0 Å². The molecular formula is C19H21N3S. The Morgan fingerprint density at radius 3 is 2.35 bits per heavy atom. The lowest BCUT2D eigenvalue weighted by molar-refractivity contribution is 0.603. The van der Waals surface area contributed by atoms with E-state index in [-0.39, 0.29) is 0 Å².